The van der Waals surface area contributed by atoms with E-state index in [-0.39, 0.29) is 23.1 Å². The molecule has 27 heavy (non-hydrogen) atoms. The third kappa shape index (κ3) is 3.25. The second-order valence-corrected chi connectivity index (χ2v) is 8.23. The first kappa shape index (κ1) is 18.7. The SMILES string of the molecule is C[C@@H]1OCC2(CCN(c3ncc(-c4cccc(Cl)c4Cl)c(=O)[nH]3)CC2)[C@@H]1N. The summed E-state index contributed by atoms with van der Waals surface area (Å²) in [4.78, 5) is 22.1. The number of benzene rings is 1. The number of hydrogen-bond acceptors (Lipinski definition) is 5. The number of aromatic amines is 1. The molecule has 0 saturated carbocycles. The molecule has 0 radical (unpaired) electrons. The minimum atomic E-state index is -0.237. The lowest BCUT2D eigenvalue weighted by Gasteiger charge is -2.41. The van der Waals surface area contributed by atoms with Gasteiger partial charge in [-0.2, -0.15) is 0 Å². The van der Waals surface area contributed by atoms with Crippen molar-refractivity contribution in [3.05, 3.63) is 44.8 Å². The Morgan fingerprint density at radius 2 is 2.04 bits per heavy atom. The molecule has 2 atom stereocenters. The van der Waals surface area contributed by atoms with Crippen molar-refractivity contribution >= 4 is 29.2 Å². The van der Waals surface area contributed by atoms with E-state index in [1.807, 2.05) is 6.92 Å². The molecule has 6 nitrogen and oxygen atoms in total. The summed E-state index contributed by atoms with van der Waals surface area (Å²) in [7, 11) is 0. The molecule has 1 aromatic heterocycles. The number of hydrogen-bond donors (Lipinski definition) is 2. The Morgan fingerprint density at radius 3 is 2.67 bits per heavy atom. The summed E-state index contributed by atoms with van der Waals surface area (Å²) in [6.45, 7) is 4.30. The summed E-state index contributed by atoms with van der Waals surface area (Å²) >= 11 is 12.3. The van der Waals surface area contributed by atoms with Gasteiger partial charge < -0.3 is 15.4 Å². The molecule has 0 unspecified atom stereocenters. The van der Waals surface area contributed by atoms with Gasteiger partial charge in [0.1, 0.15) is 0 Å². The van der Waals surface area contributed by atoms with E-state index in [2.05, 4.69) is 14.9 Å². The molecule has 1 spiro atoms. The van der Waals surface area contributed by atoms with Crippen molar-refractivity contribution in [2.75, 3.05) is 24.6 Å². The molecule has 3 heterocycles. The molecule has 2 saturated heterocycles. The van der Waals surface area contributed by atoms with E-state index in [0.717, 1.165) is 25.9 Å². The fourth-order valence-electron chi connectivity index (χ4n) is 4.09. The molecule has 8 heteroatoms. The van der Waals surface area contributed by atoms with Crippen LogP contribution in [0.3, 0.4) is 0 Å². The molecular weight excluding hydrogens is 387 g/mol. The minimum Gasteiger partial charge on any atom is -0.376 e. The number of nitrogens with two attached hydrogens (primary N) is 1. The van der Waals surface area contributed by atoms with Gasteiger partial charge in [-0.05, 0) is 25.8 Å². The van der Waals surface area contributed by atoms with Crippen LogP contribution < -0.4 is 16.2 Å². The first-order chi connectivity index (χ1) is 12.9. The van der Waals surface area contributed by atoms with E-state index >= 15 is 0 Å². The van der Waals surface area contributed by atoms with Gasteiger partial charge in [-0.1, -0.05) is 35.3 Å². The smallest absolute Gasteiger partial charge is 0.260 e. The van der Waals surface area contributed by atoms with Crippen LogP contribution in [0.1, 0.15) is 19.8 Å². The largest absolute Gasteiger partial charge is 0.376 e. The lowest BCUT2D eigenvalue weighted by Crippen LogP contribution is -2.51. The predicted molar refractivity (Wildman–Crippen MR) is 108 cm³/mol. The Hall–Kier alpha value is -1.60. The lowest BCUT2D eigenvalue weighted by atomic mass is 9.73. The van der Waals surface area contributed by atoms with E-state index in [1.165, 1.54) is 0 Å². The Balaban J connectivity index is 1.54. The summed E-state index contributed by atoms with van der Waals surface area (Å²) < 4.78 is 5.76. The van der Waals surface area contributed by atoms with Crippen LogP contribution in [0.25, 0.3) is 11.1 Å². The number of ether oxygens (including phenoxy) is 1. The van der Waals surface area contributed by atoms with Crippen molar-refractivity contribution in [1.82, 2.24) is 9.97 Å². The molecule has 2 fully saturated rings. The van der Waals surface area contributed by atoms with Gasteiger partial charge in [-0.3, -0.25) is 9.78 Å². The second-order valence-electron chi connectivity index (χ2n) is 7.44. The van der Waals surface area contributed by atoms with E-state index in [0.29, 0.717) is 33.7 Å². The van der Waals surface area contributed by atoms with Crippen LogP contribution in [0.15, 0.2) is 29.2 Å². The zero-order valence-corrected chi connectivity index (χ0v) is 16.6. The van der Waals surface area contributed by atoms with E-state index in [4.69, 9.17) is 33.7 Å². The number of halogens is 2. The van der Waals surface area contributed by atoms with Crippen LogP contribution in [0.4, 0.5) is 5.95 Å². The average molecular weight is 409 g/mol. The monoisotopic (exact) mass is 408 g/mol. The molecular formula is C19H22Cl2N4O2. The van der Waals surface area contributed by atoms with Crippen molar-refractivity contribution in [2.45, 2.75) is 31.9 Å². The minimum absolute atomic E-state index is 0.0322. The summed E-state index contributed by atoms with van der Waals surface area (Å²) in [6, 6.07) is 5.26. The fraction of sp³-hybridized carbons (Fsp3) is 0.474. The number of nitrogens with zero attached hydrogens (tertiary/aromatic N) is 2. The van der Waals surface area contributed by atoms with Gasteiger partial charge in [0.25, 0.3) is 5.56 Å². The molecule has 2 aliphatic heterocycles. The highest BCUT2D eigenvalue weighted by atomic mass is 35.5. The van der Waals surface area contributed by atoms with Gasteiger partial charge in [0.15, 0.2) is 0 Å². The van der Waals surface area contributed by atoms with Crippen LogP contribution in [0, 0.1) is 5.41 Å². The van der Waals surface area contributed by atoms with Crippen LogP contribution in [0.5, 0.6) is 0 Å². The maximum absolute atomic E-state index is 12.6. The van der Waals surface area contributed by atoms with Crippen molar-refractivity contribution < 1.29 is 4.74 Å². The molecule has 144 valence electrons. The first-order valence-electron chi connectivity index (χ1n) is 9.07. The average Bonchev–Trinajstić information content (AvgIpc) is 2.94. The quantitative estimate of drug-likeness (QED) is 0.797. The highest BCUT2D eigenvalue weighted by Gasteiger charge is 2.47. The number of piperidine rings is 1. The second kappa shape index (κ2) is 7.09. The molecule has 0 amide bonds. The van der Waals surface area contributed by atoms with Gasteiger partial charge in [0.2, 0.25) is 5.95 Å². The number of nitrogens with one attached hydrogen (secondary N) is 1. The zero-order valence-electron chi connectivity index (χ0n) is 15.0. The first-order valence-corrected chi connectivity index (χ1v) is 9.83. The van der Waals surface area contributed by atoms with Crippen molar-refractivity contribution in [3.8, 4) is 11.1 Å². The van der Waals surface area contributed by atoms with E-state index in [9.17, 15) is 4.79 Å². The number of aromatic nitrogens is 2. The maximum atomic E-state index is 12.6. The van der Waals surface area contributed by atoms with Gasteiger partial charge in [0, 0.05) is 36.3 Å². The molecule has 0 bridgehead atoms. The van der Waals surface area contributed by atoms with Crippen LogP contribution in [-0.4, -0.2) is 41.8 Å². The van der Waals surface area contributed by atoms with Gasteiger partial charge in [-0.25, -0.2) is 4.98 Å². The third-order valence-electron chi connectivity index (χ3n) is 5.93. The normalized spacial score (nSPS) is 24.5. The Labute approximate surface area is 167 Å². The third-order valence-corrected chi connectivity index (χ3v) is 6.75. The summed E-state index contributed by atoms with van der Waals surface area (Å²) in [5, 5.41) is 0.756. The number of H-pyrrole nitrogens is 1. The standard InChI is InChI=1S/C19H22Cl2N4O2/c1-11-16(22)19(10-27-11)5-7-25(8-6-19)18-23-9-13(17(26)24-18)12-3-2-4-14(20)15(12)21/h2-4,9,11,16H,5-8,10,22H2,1H3,(H,23,24,26)/t11-,16+/m0/s1. The van der Waals surface area contributed by atoms with Crippen molar-refractivity contribution in [1.29, 1.82) is 0 Å². The summed E-state index contributed by atoms with van der Waals surface area (Å²) in [5.41, 5.74) is 7.14. The van der Waals surface area contributed by atoms with Gasteiger partial charge in [-0.15, -0.1) is 0 Å². The van der Waals surface area contributed by atoms with Crippen LogP contribution >= 0.6 is 23.2 Å². The highest BCUT2D eigenvalue weighted by Crippen LogP contribution is 2.41. The highest BCUT2D eigenvalue weighted by molar-refractivity contribution is 6.43. The van der Waals surface area contributed by atoms with Gasteiger partial charge >= 0.3 is 0 Å². The molecule has 3 N–H and O–H groups in total. The number of rotatable bonds is 2. The summed E-state index contributed by atoms with van der Waals surface area (Å²) in [6.07, 6.45) is 3.49. The molecule has 0 aliphatic carbocycles. The summed E-state index contributed by atoms with van der Waals surface area (Å²) in [5.74, 6) is 0.567. The number of anilines is 1. The van der Waals surface area contributed by atoms with Crippen molar-refractivity contribution in [3.63, 3.8) is 0 Å². The van der Waals surface area contributed by atoms with E-state index < -0.39 is 0 Å². The Kier molecular flexibility index (Phi) is 4.93. The molecule has 1 aromatic carbocycles. The van der Waals surface area contributed by atoms with E-state index in [1.54, 1.807) is 24.4 Å². The fourth-order valence-corrected chi connectivity index (χ4v) is 4.49. The zero-order chi connectivity index (χ0) is 19.2. The van der Waals surface area contributed by atoms with Crippen LogP contribution in [-0.2, 0) is 4.74 Å². The van der Waals surface area contributed by atoms with Crippen molar-refractivity contribution in [2.24, 2.45) is 11.1 Å². The Morgan fingerprint density at radius 1 is 1.30 bits per heavy atom. The molecule has 2 aromatic rings. The maximum Gasteiger partial charge on any atom is 0.260 e. The topological polar surface area (TPSA) is 84.2 Å². The Bertz CT molecular complexity index is 909. The lowest BCUT2D eigenvalue weighted by molar-refractivity contribution is 0.0973. The molecule has 4 rings (SSSR count). The molecule has 2 aliphatic rings. The predicted octanol–water partition coefficient (Wildman–Crippen LogP) is 3.08. The van der Waals surface area contributed by atoms with Gasteiger partial charge in [0.05, 0.1) is 28.3 Å². The van der Waals surface area contributed by atoms with Crippen LogP contribution in [0.2, 0.25) is 10.0 Å².